The van der Waals surface area contributed by atoms with Crippen LogP contribution in [0, 0.1) is 5.92 Å². The van der Waals surface area contributed by atoms with Crippen LogP contribution >= 0.6 is 0 Å². The third-order valence-electron chi connectivity index (χ3n) is 6.21. The number of amides is 1. The molecule has 0 radical (unpaired) electrons. The summed E-state index contributed by atoms with van der Waals surface area (Å²) in [5.41, 5.74) is 3.85. The Morgan fingerprint density at radius 2 is 2.00 bits per heavy atom. The van der Waals surface area contributed by atoms with Gasteiger partial charge in [0.1, 0.15) is 0 Å². The Balaban J connectivity index is 1.32. The highest BCUT2D eigenvalue weighted by molar-refractivity contribution is 5.78. The van der Waals surface area contributed by atoms with Gasteiger partial charge in [0, 0.05) is 30.8 Å². The summed E-state index contributed by atoms with van der Waals surface area (Å²) in [6.45, 7) is 3.38. The molecule has 3 N–H and O–H groups in total. The summed E-state index contributed by atoms with van der Waals surface area (Å²) in [5.74, 6) is 0.134. The summed E-state index contributed by atoms with van der Waals surface area (Å²) < 4.78 is 6.20. The van der Waals surface area contributed by atoms with Crippen molar-refractivity contribution < 1.29 is 9.53 Å². The summed E-state index contributed by atoms with van der Waals surface area (Å²) >= 11 is 0. The van der Waals surface area contributed by atoms with E-state index < -0.39 is 0 Å². The molecule has 156 valence electrons. The average molecular weight is 397 g/mol. The fourth-order valence-corrected chi connectivity index (χ4v) is 4.70. The summed E-state index contributed by atoms with van der Waals surface area (Å²) in [7, 11) is 0. The second-order valence-corrected chi connectivity index (χ2v) is 8.37. The molecule has 0 saturated heterocycles. The summed E-state index contributed by atoms with van der Waals surface area (Å²) in [6.07, 6.45) is 7.62. The smallest absolute Gasteiger partial charge is 0.223 e. The Kier molecular flexibility index (Phi) is 6.62. The van der Waals surface area contributed by atoms with E-state index in [1.165, 1.54) is 11.1 Å². The highest BCUT2D eigenvalue weighted by Gasteiger charge is 2.36. The highest BCUT2D eigenvalue weighted by atomic mass is 16.5. The van der Waals surface area contributed by atoms with Gasteiger partial charge < -0.3 is 15.4 Å². The van der Waals surface area contributed by atoms with E-state index in [1.54, 1.807) is 6.20 Å². The monoisotopic (exact) mass is 396 g/mol. The molecule has 2 aliphatic carbocycles. The van der Waals surface area contributed by atoms with Gasteiger partial charge in [-0.2, -0.15) is 5.10 Å². The maximum absolute atomic E-state index is 12.7. The number of ether oxygens (including phenoxy) is 1. The van der Waals surface area contributed by atoms with E-state index in [9.17, 15) is 4.79 Å². The molecule has 1 fully saturated rings. The molecule has 1 heterocycles. The lowest BCUT2D eigenvalue weighted by molar-refractivity contribution is -0.128. The van der Waals surface area contributed by atoms with Gasteiger partial charge in [-0.3, -0.25) is 9.89 Å². The predicted molar refractivity (Wildman–Crippen MR) is 112 cm³/mol. The second-order valence-electron chi connectivity index (χ2n) is 8.37. The largest absolute Gasteiger partial charge is 0.377 e. The minimum atomic E-state index is 0.0126. The number of carbonyl (C=O) groups excluding carboxylic acids is 1. The van der Waals surface area contributed by atoms with E-state index in [0.717, 1.165) is 50.8 Å². The Morgan fingerprint density at radius 1 is 1.21 bits per heavy atom. The molecule has 3 unspecified atom stereocenters. The molecule has 0 aliphatic heterocycles. The van der Waals surface area contributed by atoms with Crippen molar-refractivity contribution in [3.8, 4) is 0 Å². The van der Waals surface area contributed by atoms with Crippen molar-refractivity contribution in [2.45, 2.75) is 70.2 Å². The molecular formula is C23H32N4O2. The molecule has 2 aromatic rings. The number of carbonyl (C=O) groups is 1. The maximum Gasteiger partial charge on any atom is 0.223 e. The molecule has 4 rings (SSSR count). The Morgan fingerprint density at radius 3 is 2.69 bits per heavy atom. The van der Waals surface area contributed by atoms with Crippen LogP contribution in [0.2, 0.25) is 0 Å². The number of aromatic amines is 1. The van der Waals surface area contributed by atoms with Gasteiger partial charge >= 0.3 is 0 Å². The predicted octanol–water partition coefficient (Wildman–Crippen LogP) is 2.75. The Bertz CT molecular complexity index is 767. The van der Waals surface area contributed by atoms with E-state index in [0.29, 0.717) is 18.6 Å². The van der Waals surface area contributed by atoms with Gasteiger partial charge in [0.2, 0.25) is 5.91 Å². The van der Waals surface area contributed by atoms with Gasteiger partial charge in [-0.05, 0) is 55.7 Å². The lowest BCUT2D eigenvalue weighted by Gasteiger charge is -2.37. The van der Waals surface area contributed by atoms with E-state index in [1.807, 2.05) is 6.07 Å². The SMILES string of the molecule is CCCOC1CC(C(=O)NCc2ccn[nH]2)CCC1NC1Cc2ccccc2C1. The average Bonchev–Trinajstić information content (AvgIpc) is 3.40. The number of hydrogen-bond acceptors (Lipinski definition) is 4. The number of fused-ring (bicyclic) bond motifs is 1. The quantitative estimate of drug-likeness (QED) is 0.641. The van der Waals surface area contributed by atoms with Crippen LogP contribution in [0.4, 0.5) is 0 Å². The number of nitrogens with one attached hydrogen (secondary N) is 3. The first-order valence-electron chi connectivity index (χ1n) is 10.9. The molecule has 6 heteroatoms. The third-order valence-corrected chi connectivity index (χ3v) is 6.21. The lowest BCUT2D eigenvalue weighted by Crippen LogP contribution is -2.51. The van der Waals surface area contributed by atoms with Crippen molar-refractivity contribution in [1.82, 2.24) is 20.8 Å². The topological polar surface area (TPSA) is 79.0 Å². The normalized spacial score (nSPS) is 24.4. The molecule has 3 atom stereocenters. The van der Waals surface area contributed by atoms with Crippen LogP contribution in [-0.4, -0.2) is 40.9 Å². The molecule has 1 aromatic carbocycles. The van der Waals surface area contributed by atoms with Crippen molar-refractivity contribution in [3.05, 3.63) is 53.3 Å². The van der Waals surface area contributed by atoms with Crippen LogP contribution < -0.4 is 10.6 Å². The summed E-state index contributed by atoms with van der Waals surface area (Å²) in [4.78, 5) is 12.7. The van der Waals surface area contributed by atoms with Gasteiger partial charge in [-0.1, -0.05) is 31.2 Å². The van der Waals surface area contributed by atoms with Crippen LogP contribution in [0.15, 0.2) is 36.5 Å². The number of aromatic nitrogens is 2. The fourth-order valence-electron chi connectivity index (χ4n) is 4.70. The number of hydrogen-bond donors (Lipinski definition) is 3. The minimum absolute atomic E-state index is 0.0126. The zero-order valence-electron chi connectivity index (χ0n) is 17.2. The standard InChI is InChI=1S/C23H32N4O2/c1-2-11-29-22-14-18(23(28)24-15-19-9-10-25-27-19)7-8-21(22)26-20-12-16-5-3-4-6-17(16)13-20/h3-6,9-10,18,20-22,26H,2,7-8,11-15H2,1H3,(H,24,28)(H,25,27). The third kappa shape index (κ3) is 5.06. The van der Waals surface area contributed by atoms with Gasteiger partial charge in [-0.25, -0.2) is 0 Å². The molecule has 1 amide bonds. The first-order chi connectivity index (χ1) is 14.2. The molecule has 0 bridgehead atoms. The van der Waals surface area contributed by atoms with Gasteiger partial charge in [0.15, 0.2) is 0 Å². The molecule has 29 heavy (non-hydrogen) atoms. The summed E-state index contributed by atoms with van der Waals surface area (Å²) in [5, 5.41) is 13.7. The van der Waals surface area contributed by atoms with Crippen molar-refractivity contribution in [1.29, 1.82) is 0 Å². The lowest BCUT2D eigenvalue weighted by atomic mass is 9.82. The minimum Gasteiger partial charge on any atom is -0.377 e. The van der Waals surface area contributed by atoms with Crippen LogP contribution in [0.3, 0.4) is 0 Å². The van der Waals surface area contributed by atoms with E-state index in [4.69, 9.17) is 4.74 Å². The van der Waals surface area contributed by atoms with Gasteiger partial charge in [0.05, 0.1) is 18.3 Å². The van der Waals surface area contributed by atoms with Crippen molar-refractivity contribution in [2.24, 2.45) is 5.92 Å². The number of benzene rings is 1. The van der Waals surface area contributed by atoms with Gasteiger partial charge in [-0.15, -0.1) is 0 Å². The van der Waals surface area contributed by atoms with Crippen molar-refractivity contribution >= 4 is 5.91 Å². The van der Waals surface area contributed by atoms with Crippen LogP contribution in [0.5, 0.6) is 0 Å². The zero-order chi connectivity index (χ0) is 20.1. The first-order valence-corrected chi connectivity index (χ1v) is 10.9. The first kappa shape index (κ1) is 20.1. The highest BCUT2D eigenvalue weighted by Crippen LogP contribution is 2.30. The summed E-state index contributed by atoms with van der Waals surface area (Å²) in [6, 6.07) is 11.4. The molecule has 2 aliphatic rings. The molecule has 1 aromatic heterocycles. The second kappa shape index (κ2) is 9.55. The number of rotatable bonds is 8. The van der Waals surface area contributed by atoms with Crippen LogP contribution in [-0.2, 0) is 28.9 Å². The molecule has 0 spiro atoms. The Hall–Kier alpha value is -2.18. The Labute approximate surface area is 172 Å². The van der Waals surface area contributed by atoms with E-state index in [-0.39, 0.29) is 17.9 Å². The molecule has 6 nitrogen and oxygen atoms in total. The zero-order valence-corrected chi connectivity index (χ0v) is 17.2. The van der Waals surface area contributed by atoms with Crippen molar-refractivity contribution in [2.75, 3.05) is 6.61 Å². The fraction of sp³-hybridized carbons (Fsp3) is 0.565. The van der Waals surface area contributed by atoms with E-state index >= 15 is 0 Å². The number of H-pyrrole nitrogens is 1. The van der Waals surface area contributed by atoms with Crippen molar-refractivity contribution in [3.63, 3.8) is 0 Å². The van der Waals surface area contributed by atoms with Crippen LogP contribution in [0.1, 0.15) is 49.4 Å². The number of nitrogens with zero attached hydrogens (tertiary/aromatic N) is 1. The maximum atomic E-state index is 12.7. The molecule has 1 saturated carbocycles. The van der Waals surface area contributed by atoms with E-state index in [2.05, 4.69) is 52.0 Å². The van der Waals surface area contributed by atoms with Gasteiger partial charge in [0.25, 0.3) is 0 Å². The molecular weight excluding hydrogens is 364 g/mol. The van der Waals surface area contributed by atoms with Crippen LogP contribution in [0.25, 0.3) is 0 Å².